The van der Waals surface area contributed by atoms with E-state index < -0.39 is 0 Å². The first-order valence-corrected chi connectivity index (χ1v) is 12.0. The Labute approximate surface area is 196 Å². The van der Waals surface area contributed by atoms with Crippen molar-refractivity contribution in [1.82, 2.24) is 20.2 Å². The predicted octanol–water partition coefficient (Wildman–Crippen LogP) is 3.43. The van der Waals surface area contributed by atoms with Crippen molar-refractivity contribution in [3.8, 4) is 0 Å². The normalized spacial score (nSPS) is 13.5. The van der Waals surface area contributed by atoms with E-state index in [0.717, 1.165) is 30.8 Å². The maximum atomic E-state index is 12.6. The Morgan fingerprint density at radius 3 is 2.69 bits per heavy atom. The van der Waals surface area contributed by atoms with Crippen LogP contribution in [0.1, 0.15) is 22.4 Å². The highest BCUT2D eigenvalue weighted by Crippen LogP contribution is 2.20. The number of hydrogen-bond donors (Lipinski definition) is 2. The lowest BCUT2D eigenvalue weighted by atomic mass is 10.1. The summed E-state index contributed by atoms with van der Waals surface area (Å²) in [7, 11) is 0. The quantitative estimate of drug-likeness (QED) is 0.391. The highest BCUT2D eigenvalue weighted by molar-refractivity contribution is 7.99. The van der Waals surface area contributed by atoms with Crippen LogP contribution in [0.5, 0.6) is 0 Å². The van der Waals surface area contributed by atoms with E-state index in [2.05, 4.69) is 20.2 Å². The molecule has 1 aromatic heterocycles. The summed E-state index contributed by atoms with van der Waals surface area (Å²) in [5.74, 6) is 0.152. The molecule has 32 heavy (non-hydrogen) atoms. The van der Waals surface area contributed by atoms with Gasteiger partial charge < -0.3 is 10.3 Å². The highest BCUT2D eigenvalue weighted by atomic mass is 35.5. The van der Waals surface area contributed by atoms with E-state index >= 15 is 0 Å². The number of rotatable bonds is 8. The van der Waals surface area contributed by atoms with E-state index in [4.69, 9.17) is 11.6 Å². The van der Waals surface area contributed by atoms with Crippen molar-refractivity contribution < 1.29 is 4.79 Å². The van der Waals surface area contributed by atoms with Crippen LogP contribution in [0.2, 0.25) is 5.02 Å². The molecule has 0 radical (unpaired) electrons. The second-order valence-electron chi connectivity index (χ2n) is 7.76. The molecule has 0 atom stereocenters. The summed E-state index contributed by atoms with van der Waals surface area (Å²) in [6.45, 7) is 2.73. The van der Waals surface area contributed by atoms with Gasteiger partial charge in [-0.3, -0.25) is 14.5 Å². The molecular weight excluding hydrogens is 444 g/mol. The predicted molar refractivity (Wildman–Crippen MR) is 128 cm³/mol. The highest BCUT2D eigenvalue weighted by Gasteiger charge is 2.21. The van der Waals surface area contributed by atoms with Crippen molar-refractivity contribution >= 4 is 29.3 Å². The van der Waals surface area contributed by atoms with Crippen molar-refractivity contribution in [2.24, 2.45) is 0 Å². The van der Waals surface area contributed by atoms with Crippen molar-refractivity contribution in [2.45, 2.75) is 31.1 Å². The Kier molecular flexibility index (Phi) is 7.63. The van der Waals surface area contributed by atoms with Gasteiger partial charge in [-0.05, 0) is 29.7 Å². The lowest BCUT2D eigenvalue weighted by Gasteiger charge is -2.27. The summed E-state index contributed by atoms with van der Waals surface area (Å²) in [5.41, 5.74) is 3.76. The van der Waals surface area contributed by atoms with Gasteiger partial charge in [0, 0.05) is 37.6 Å². The lowest BCUT2D eigenvalue weighted by Crippen LogP contribution is -2.35. The second kappa shape index (κ2) is 10.8. The molecule has 0 saturated carbocycles. The van der Waals surface area contributed by atoms with Gasteiger partial charge in [-0.2, -0.15) is 0 Å². The molecule has 6 nitrogen and oxygen atoms in total. The van der Waals surface area contributed by atoms with Crippen LogP contribution in [0.25, 0.3) is 0 Å². The SMILES string of the molecule is O=C(CSc1nc2c(c(=O)[nH]1)CN(Cc1ccc(Cl)cc1)CC2)NCCc1ccccc1. The number of benzene rings is 2. The number of fused-ring (bicyclic) bond motifs is 1. The van der Waals surface area contributed by atoms with Crippen molar-refractivity contribution in [3.05, 3.63) is 92.4 Å². The van der Waals surface area contributed by atoms with E-state index in [1.54, 1.807) is 0 Å². The Morgan fingerprint density at radius 2 is 1.91 bits per heavy atom. The number of H-pyrrole nitrogens is 1. The van der Waals surface area contributed by atoms with Crippen LogP contribution in [-0.2, 0) is 30.7 Å². The Balaban J connectivity index is 1.28. The molecule has 0 unspecified atom stereocenters. The first-order chi connectivity index (χ1) is 15.6. The van der Waals surface area contributed by atoms with Gasteiger partial charge in [0.2, 0.25) is 5.91 Å². The number of halogens is 1. The average molecular weight is 469 g/mol. The minimum absolute atomic E-state index is 0.0690. The number of aromatic nitrogens is 2. The number of amides is 1. The summed E-state index contributed by atoms with van der Waals surface area (Å²) in [4.78, 5) is 34.5. The largest absolute Gasteiger partial charge is 0.355 e. The summed E-state index contributed by atoms with van der Waals surface area (Å²) >= 11 is 7.22. The number of nitrogens with one attached hydrogen (secondary N) is 2. The minimum atomic E-state index is -0.122. The minimum Gasteiger partial charge on any atom is -0.355 e. The molecule has 0 fully saturated rings. The molecule has 1 aliphatic rings. The van der Waals surface area contributed by atoms with Crippen molar-refractivity contribution in [3.63, 3.8) is 0 Å². The standard InChI is InChI=1S/C24H25ClN4O2S/c25-19-8-6-18(7-9-19)14-29-13-11-21-20(15-29)23(31)28-24(27-21)32-16-22(30)26-12-10-17-4-2-1-3-5-17/h1-9H,10-16H2,(H,26,30)(H,27,28,31). The summed E-state index contributed by atoms with van der Waals surface area (Å²) < 4.78 is 0. The fourth-order valence-corrected chi connectivity index (χ4v) is 4.52. The zero-order valence-corrected chi connectivity index (χ0v) is 19.2. The van der Waals surface area contributed by atoms with Crippen LogP contribution in [-0.4, -0.2) is 39.6 Å². The van der Waals surface area contributed by atoms with Crippen LogP contribution in [0.15, 0.2) is 64.5 Å². The van der Waals surface area contributed by atoms with Crippen LogP contribution in [0, 0.1) is 0 Å². The molecule has 0 aliphatic carbocycles. The van der Waals surface area contributed by atoms with E-state index in [0.29, 0.717) is 35.3 Å². The molecule has 2 aromatic carbocycles. The van der Waals surface area contributed by atoms with Gasteiger partial charge >= 0.3 is 0 Å². The van der Waals surface area contributed by atoms with Gasteiger partial charge in [0.15, 0.2) is 5.16 Å². The summed E-state index contributed by atoms with van der Waals surface area (Å²) in [6, 6.07) is 17.8. The molecule has 2 heterocycles. The monoisotopic (exact) mass is 468 g/mol. The van der Waals surface area contributed by atoms with Crippen LogP contribution < -0.4 is 10.9 Å². The second-order valence-corrected chi connectivity index (χ2v) is 9.16. The van der Waals surface area contributed by atoms with E-state index in [1.807, 2.05) is 54.6 Å². The number of aromatic amines is 1. The molecule has 3 aromatic rings. The first-order valence-electron chi connectivity index (χ1n) is 10.6. The molecule has 166 valence electrons. The molecule has 1 aliphatic heterocycles. The maximum absolute atomic E-state index is 12.6. The molecule has 0 spiro atoms. The lowest BCUT2D eigenvalue weighted by molar-refractivity contribution is -0.118. The fraction of sp³-hybridized carbons (Fsp3) is 0.292. The smallest absolute Gasteiger partial charge is 0.256 e. The fourth-order valence-electron chi connectivity index (χ4n) is 3.69. The van der Waals surface area contributed by atoms with E-state index in [-0.39, 0.29) is 17.2 Å². The topological polar surface area (TPSA) is 78.1 Å². The van der Waals surface area contributed by atoms with Crippen LogP contribution >= 0.6 is 23.4 Å². The Bertz CT molecular complexity index is 1120. The van der Waals surface area contributed by atoms with E-state index in [1.165, 1.54) is 17.3 Å². The van der Waals surface area contributed by atoms with Gasteiger partial charge in [0.05, 0.1) is 17.0 Å². The third-order valence-electron chi connectivity index (χ3n) is 5.36. The Hall–Kier alpha value is -2.61. The van der Waals surface area contributed by atoms with Crippen LogP contribution in [0.3, 0.4) is 0 Å². The van der Waals surface area contributed by atoms with Gasteiger partial charge in [0.1, 0.15) is 0 Å². The van der Waals surface area contributed by atoms with Gasteiger partial charge in [-0.15, -0.1) is 0 Å². The first kappa shape index (κ1) is 22.6. The van der Waals surface area contributed by atoms with Gasteiger partial charge in [-0.1, -0.05) is 65.8 Å². The third kappa shape index (κ3) is 6.22. The van der Waals surface area contributed by atoms with Crippen LogP contribution in [0.4, 0.5) is 0 Å². The number of nitrogens with zero attached hydrogens (tertiary/aromatic N) is 2. The molecule has 4 rings (SSSR count). The van der Waals surface area contributed by atoms with E-state index in [9.17, 15) is 9.59 Å². The zero-order valence-electron chi connectivity index (χ0n) is 17.6. The maximum Gasteiger partial charge on any atom is 0.256 e. The summed E-state index contributed by atoms with van der Waals surface area (Å²) in [6.07, 6.45) is 1.50. The molecule has 2 N–H and O–H groups in total. The molecule has 0 bridgehead atoms. The average Bonchev–Trinajstić information content (AvgIpc) is 2.80. The Morgan fingerprint density at radius 1 is 1.12 bits per heavy atom. The van der Waals surface area contributed by atoms with Crippen molar-refractivity contribution in [2.75, 3.05) is 18.8 Å². The third-order valence-corrected chi connectivity index (χ3v) is 6.49. The molecule has 8 heteroatoms. The number of thioether (sulfide) groups is 1. The molecule has 0 saturated heterocycles. The zero-order chi connectivity index (χ0) is 22.3. The van der Waals surface area contributed by atoms with Gasteiger partial charge in [0.25, 0.3) is 5.56 Å². The number of hydrogen-bond acceptors (Lipinski definition) is 5. The number of carbonyl (C=O) groups is 1. The molecule has 1 amide bonds. The van der Waals surface area contributed by atoms with Gasteiger partial charge in [-0.25, -0.2) is 4.98 Å². The number of carbonyl (C=O) groups excluding carboxylic acids is 1. The summed E-state index contributed by atoms with van der Waals surface area (Å²) in [5, 5.41) is 4.13. The molecular formula is C24H25ClN4O2S. The van der Waals surface area contributed by atoms with Crippen molar-refractivity contribution in [1.29, 1.82) is 0 Å².